The van der Waals surface area contributed by atoms with E-state index in [0.29, 0.717) is 0 Å². The molecule has 0 spiro atoms. The number of anilines is 10. The highest BCUT2D eigenvalue weighted by atomic mass is 32.1. The minimum Gasteiger partial charge on any atom is -0.360 e. The molecule has 3 aliphatic heterocycles. The largest absolute Gasteiger partial charge is 0.421 e. The molecule has 0 unspecified atom stereocenters. The number of hydrogen-bond donors (Lipinski definition) is 0. The lowest BCUT2D eigenvalue weighted by Crippen LogP contribution is -2.61. The number of hydrogen-bond acceptors (Lipinski definition) is 5. The van der Waals surface area contributed by atoms with E-state index in [9.17, 15) is 0 Å². The molecule has 13 rings (SSSR count). The molecule has 3 aliphatic rings. The van der Waals surface area contributed by atoms with Gasteiger partial charge in [-0.1, -0.05) is 164 Å². The summed E-state index contributed by atoms with van der Waals surface area (Å²) >= 11 is 1.89. The van der Waals surface area contributed by atoms with Crippen molar-refractivity contribution < 1.29 is 0 Å². The average molecular weight is 1060 g/mol. The van der Waals surface area contributed by atoms with Crippen LogP contribution in [0.5, 0.6) is 0 Å². The summed E-state index contributed by atoms with van der Waals surface area (Å²) in [6.45, 7) is 32.3. The lowest BCUT2D eigenvalue weighted by Gasteiger charge is -2.45. The van der Waals surface area contributed by atoms with Crippen molar-refractivity contribution in [3.8, 4) is 10.4 Å². The maximum atomic E-state index is 2.65. The Balaban J connectivity index is 1.13. The van der Waals surface area contributed by atoms with E-state index >= 15 is 0 Å². The third kappa shape index (κ3) is 8.41. The van der Waals surface area contributed by atoms with Gasteiger partial charge in [0.05, 0.1) is 11.4 Å². The molecule has 0 amide bonds. The Morgan fingerprint density at radius 3 is 1.44 bits per heavy atom. The first-order valence-electron chi connectivity index (χ1n) is 28.7. The molecule has 7 heteroatoms. The van der Waals surface area contributed by atoms with Crippen molar-refractivity contribution in [3.63, 3.8) is 0 Å². The van der Waals surface area contributed by atoms with Crippen LogP contribution < -0.4 is 41.3 Å². The Kier molecular flexibility index (Phi) is 12.1. The quantitative estimate of drug-likeness (QED) is 0.154. The summed E-state index contributed by atoms with van der Waals surface area (Å²) in [5, 5.41) is 1.29. The van der Waals surface area contributed by atoms with E-state index < -0.39 is 0 Å². The second-order valence-corrected chi connectivity index (χ2v) is 27.3. The van der Waals surface area contributed by atoms with Gasteiger partial charge < -0.3 is 19.4 Å². The minimum atomic E-state index is -0.189. The molecule has 10 aromatic rings. The van der Waals surface area contributed by atoms with E-state index in [1.165, 1.54) is 127 Å². The van der Waals surface area contributed by atoms with Crippen molar-refractivity contribution in [1.82, 2.24) is 0 Å². The highest BCUT2D eigenvalue weighted by molar-refractivity contribution is 7.22. The molecule has 0 atom stereocenters. The first-order valence-corrected chi connectivity index (χ1v) is 29.5. The molecule has 4 nitrogen and oxygen atoms in total. The van der Waals surface area contributed by atoms with Crippen LogP contribution in [0.15, 0.2) is 182 Å². The zero-order valence-electron chi connectivity index (χ0n) is 49.2. The number of thiophene rings is 1. The molecule has 396 valence electrons. The predicted octanol–water partition coefficient (Wildman–Crippen LogP) is 17.8. The topological polar surface area (TPSA) is 13.0 Å². The van der Waals surface area contributed by atoms with Gasteiger partial charge in [0.1, 0.15) is 0 Å². The Morgan fingerprint density at radius 2 is 0.875 bits per heavy atom. The van der Waals surface area contributed by atoms with Gasteiger partial charge in [0.2, 0.25) is 0 Å². The summed E-state index contributed by atoms with van der Waals surface area (Å²) in [5.41, 5.74) is 28.8. The maximum absolute atomic E-state index is 2.65. The van der Waals surface area contributed by atoms with Crippen LogP contribution in [0.4, 0.5) is 56.9 Å². The SMILES string of the molecule is Cc1cc2c3c(c1)N(c1cc(C)c(-c4cc5ccccc5s4)c(C)c1)c1cc4c(cc1B3c1ccc(C(C)(C)C)cc1N2c1ccc(C(C)(C)C)cc1)N(c1ccccc1)B(c1c(C)cc(C(C)(C)C)cc1C)N4c1ccccc1. The van der Waals surface area contributed by atoms with Crippen molar-refractivity contribution in [2.75, 3.05) is 19.4 Å². The number of aryl methyl sites for hydroxylation is 5. The third-order valence-corrected chi connectivity index (χ3v) is 18.5. The minimum absolute atomic E-state index is 0.00182. The molecule has 0 fully saturated rings. The second-order valence-electron chi connectivity index (χ2n) is 26.2. The van der Waals surface area contributed by atoms with Crippen molar-refractivity contribution in [3.05, 3.63) is 226 Å². The molecule has 1 aromatic heterocycles. The number of fused-ring (bicyclic) bond motifs is 6. The molecule has 0 radical (unpaired) electrons. The Labute approximate surface area is 480 Å². The molecule has 4 heterocycles. The van der Waals surface area contributed by atoms with Crippen LogP contribution in [-0.4, -0.2) is 13.7 Å². The van der Waals surface area contributed by atoms with Crippen LogP contribution in [0.25, 0.3) is 20.5 Å². The average Bonchev–Trinajstić information content (AvgIpc) is 3.94. The van der Waals surface area contributed by atoms with E-state index in [1.807, 2.05) is 11.3 Å². The van der Waals surface area contributed by atoms with Crippen molar-refractivity contribution >= 4 is 114 Å². The Morgan fingerprint density at radius 1 is 0.362 bits per heavy atom. The van der Waals surface area contributed by atoms with Crippen molar-refractivity contribution in [2.45, 2.75) is 113 Å². The zero-order valence-corrected chi connectivity index (χ0v) is 50.0. The fraction of sp³-hybridized carbons (Fsp3) is 0.233. The number of rotatable bonds is 6. The fourth-order valence-electron chi connectivity index (χ4n) is 13.4. The van der Waals surface area contributed by atoms with Gasteiger partial charge in [0.25, 0.3) is 6.71 Å². The first-order chi connectivity index (χ1) is 38.1. The molecule has 80 heavy (non-hydrogen) atoms. The van der Waals surface area contributed by atoms with E-state index in [1.54, 1.807) is 0 Å². The summed E-state index contributed by atoms with van der Waals surface area (Å²) in [5.74, 6) is 0. The van der Waals surface area contributed by atoms with Gasteiger partial charge in [-0.15, -0.1) is 11.3 Å². The molecular weight excluding hydrogens is 987 g/mol. The lowest BCUT2D eigenvalue weighted by atomic mass is 9.33. The normalized spacial score (nSPS) is 14.0. The van der Waals surface area contributed by atoms with E-state index in [2.05, 4.69) is 298 Å². The molecule has 9 aromatic carbocycles. The van der Waals surface area contributed by atoms with Crippen molar-refractivity contribution in [2.24, 2.45) is 0 Å². The van der Waals surface area contributed by atoms with Crippen LogP contribution in [0.3, 0.4) is 0 Å². The standard InChI is InChI=1S/C73H72B2N4S/c1-45-35-64-70-65(36-45)77(57-39-46(2)68(47(3)40-57)67-41-50-23-21-22-28-66(50)80-67)61-44-63-62(43-59(61)74(70)58-34-31-52(72(9,10)11)42-60(58)76(64)54-32-29-51(30-33-54)71(6,7)8)78(55-24-17-15-18-25-55)75(79(63)56-26-19-16-20-27-56)69-48(4)37-53(38-49(69)5)73(12,13)14/h15-44H,1-14H3. The van der Waals surface area contributed by atoms with Gasteiger partial charge in [-0.3, -0.25) is 0 Å². The van der Waals surface area contributed by atoms with Gasteiger partial charge in [-0.2, -0.15) is 0 Å². The third-order valence-electron chi connectivity index (χ3n) is 17.4. The summed E-state index contributed by atoms with van der Waals surface area (Å²) in [6.07, 6.45) is 0. The van der Waals surface area contributed by atoms with Gasteiger partial charge in [-0.05, 0) is 208 Å². The zero-order chi connectivity index (χ0) is 55.9. The molecule has 0 aliphatic carbocycles. The lowest BCUT2D eigenvalue weighted by molar-refractivity contribution is 0.589. The van der Waals surface area contributed by atoms with E-state index in [0.717, 1.165) is 17.1 Å². The van der Waals surface area contributed by atoms with E-state index in [4.69, 9.17) is 0 Å². The smallest absolute Gasteiger partial charge is 0.360 e. The van der Waals surface area contributed by atoms with Crippen LogP contribution >= 0.6 is 11.3 Å². The Bertz CT molecular complexity index is 4020. The number of benzene rings is 9. The monoisotopic (exact) mass is 1060 g/mol. The second kappa shape index (κ2) is 18.7. The van der Waals surface area contributed by atoms with Crippen LogP contribution in [0, 0.1) is 34.6 Å². The van der Waals surface area contributed by atoms with Crippen LogP contribution in [-0.2, 0) is 16.2 Å². The first kappa shape index (κ1) is 51.7. The summed E-state index contributed by atoms with van der Waals surface area (Å²) in [4.78, 5) is 11.8. The van der Waals surface area contributed by atoms with Gasteiger partial charge in [0, 0.05) is 55.1 Å². The Hall–Kier alpha value is -7.73. The van der Waals surface area contributed by atoms with E-state index in [-0.39, 0.29) is 29.9 Å². The van der Waals surface area contributed by atoms with Crippen LogP contribution in [0.2, 0.25) is 0 Å². The molecule has 0 saturated carbocycles. The maximum Gasteiger partial charge on any atom is 0.421 e. The highest BCUT2D eigenvalue weighted by Crippen LogP contribution is 2.53. The summed E-state index contributed by atoms with van der Waals surface area (Å²) < 4.78 is 1.32. The number of para-hydroxylation sites is 2. The molecule has 0 bridgehead atoms. The summed E-state index contributed by atoms with van der Waals surface area (Å²) in [7, 11) is 0. The van der Waals surface area contributed by atoms with Gasteiger partial charge in [0.15, 0.2) is 0 Å². The molecular formula is C73H72B2N4S. The number of nitrogens with zero attached hydrogens (tertiary/aromatic N) is 4. The molecule has 0 N–H and O–H groups in total. The van der Waals surface area contributed by atoms with Crippen LogP contribution in [0.1, 0.15) is 107 Å². The summed E-state index contributed by atoms with van der Waals surface area (Å²) in [6, 6.07) is 70.2. The highest BCUT2D eigenvalue weighted by Gasteiger charge is 2.50. The molecule has 0 saturated heterocycles. The van der Waals surface area contributed by atoms with Gasteiger partial charge >= 0.3 is 6.98 Å². The predicted molar refractivity (Wildman–Crippen MR) is 350 cm³/mol. The van der Waals surface area contributed by atoms with Crippen molar-refractivity contribution in [1.29, 1.82) is 0 Å². The fourth-order valence-corrected chi connectivity index (χ4v) is 14.7. The van der Waals surface area contributed by atoms with Gasteiger partial charge in [-0.25, -0.2) is 0 Å².